The Kier molecular flexibility index (Phi) is 4.27. The number of nitrogens with zero attached hydrogens (tertiary/aromatic N) is 1. The van der Waals surface area contributed by atoms with Gasteiger partial charge in [-0.3, -0.25) is 5.41 Å². The number of benzene rings is 1. The van der Waals surface area contributed by atoms with Gasteiger partial charge in [0.15, 0.2) is 0 Å². The second kappa shape index (κ2) is 5.74. The molecule has 0 saturated heterocycles. The van der Waals surface area contributed by atoms with E-state index < -0.39 is 0 Å². The van der Waals surface area contributed by atoms with Crippen molar-refractivity contribution in [3.8, 4) is 0 Å². The molecule has 1 aromatic rings. The minimum absolute atomic E-state index is 0.125. The van der Waals surface area contributed by atoms with Gasteiger partial charge in [0.2, 0.25) is 0 Å². The first-order valence-electron chi connectivity index (χ1n) is 6.47. The fraction of sp³-hybridized carbons (Fsp3) is 0.500. The van der Waals surface area contributed by atoms with Gasteiger partial charge in [0.25, 0.3) is 0 Å². The lowest BCUT2D eigenvalue weighted by Gasteiger charge is -2.34. The van der Waals surface area contributed by atoms with Gasteiger partial charge >= 0.3 is 0 Å². The predicted octanol–water partition coefficient (Wildman–Crippen LogP) is 3.50. The Morgan fingerprint density at radius 3 is 2.61 bits per heavy atom. The summed E-state index contributed by atoms with van der Waals surface area (Å²) < 4.78 is 0.898. The monoisotopic (exact) mass is 309 g/mol. The number of halogens is 1. The van der Waals surface area contributed by atoms with E-state index in [-0.39, 0.29) is 5.84 Å². The molecular weight excluding hydrogens is 290 g/mol. The molecule has 3 N–H and O–H groups in total. The summed E-state index contributed by atoms with van der Waals surface area (Å²) >= 11 is 3.49. The average molecular weight is 310 g/mol. The first kappa shape index (κ1) is 13.4. The van der Waals surface area contributed by atoms with Crippen molar-refractivity contribution >= 4 is 27.5 Å². The van der Waals surface area contributed by atoms with Crippen LogP contribution in [0.3, 0.4) is 0 Å². The van der Waals surface area contributed by atoms with E-state index in [0.29, 0.717) is 6.04 Å². The van der Waals surface area contributed by atoms with Crippen LogP contribution >= 0.6 is 15.9 Å². The first-order valence-corrected chi connectivity index (χ1v) is 7.26. The van der Waals surface area contributed by atoms with Crippen LogP contribution in [-0.4, -0.2) is 18.9 Å². The Balaban J connectivity index is 2.31. The number of hydrogen-bond acceptors (Lipinski definition) is 2. The van der Waals surface area contributed by atoms with Crippen LogP contribution in [0.25, 0.3) is 0 Å². The molecule has 0 aliphatic heterocycles. The smallest absolute Gasteiger partial charge is 0.126 e. The van der Waals surface area contributed by atoms with Gasteiger partial charge in [-0.2, -0.15) is 0 Å². The zero-order valence-electron chi connectivity index (χ0n) is 10.7. The number of rotatable bonds is 3. The van der Waals surface area contributed by atoms with Crippen molar-refractivity contribution in [1.29, 1.82) is 5.41 Å². The van der Waals surface area contributed by atoms with Crippen molar-refractivity contribution in [2.45, 2.75) is 38.1 Å². The van der Waals surface area contributed by atoms with Crippen LogP contribution in [0, 0.1) is 5.41 Å². The molecule has 0 radical (unpaired) electrons. The van der Waals surface area contributed by atoms with Crippen LogP contribution in [0.1, 0.15) is 37.7 Å². The van der Waals surface area contributed by atoms with E-state index >= 15 is 0 Å². The second-order valence-corrected chi connectivity index (χ2v) is 5.80. The largest absolute Gasteiger partial charge is 0.384 e. The Bertz CT molecular complexity index is 439. The van der Waals surface area contributed by atoms with Crippen LogP contribution < -0.4 is 10.6 Å². The number of nitrogen functional groups attached to an aromatic ring is 1. The highest BCUT2D eigenvalue weighted by Crippen LogP contribution is 2.31. The molecule has 1 aliphatic carbocycles. The van der Waals surface area contributed by atoms with Gasteiger partial charge in [0.1, 0.15) is 5.84 Å². The van der Waals surface area contributed by atoms with E-state index in [4.69, 9.17) is 11.1 Å². The van der Waals surface area contributed by atoms with E-state index in [1.165, 1.54) is 32.1 Å². The molecule has 1 saturated carbocycles. The molecule has 1 fully saturated rings. The fourth-order valence-corrected chi connectivity index (χ4v) is 3.31. The maximum Gasteiger partial charge on any atom is 0.126 e. The molecule has 98 valence electrons. The Morgan fingerprint density at radius 1 is 1.33 bits per heavy atom. The maximum atomic E-state index is 7.75. The third-order valence-electron chi connectivity index (χ3n) is 3.76. The normalized spacial score (nSPS) is 16.6. The van der Waals surface area contributed by atoms with Crippen molar-refractivity contribution in [3.63, 3.8) is 0 Å². The lowest BCUT2D eigenvalue weighted by Crippen LogP contribution is -2.35. The van der Waals surface area contributed by atoms with Crippen LogP contribution in [0.2, 0.25) is 0 Å². The number of anilines is 1. The third-order valence-corrected chi connectivity index (χ3v) is 4.42. The lowest BCUT2D eigenvalue weighted by atomic mass is 9.93. The van der Waals surface area contributed by atoms with Gasteiger partial charge in [-0.05, 0) is 40.9 Å². The molecule has 18 heavy (non-hydrogen) atoms. The zero-order chi connectivity index (χ0) is 13.1. The van der Waals surface area contributed by atoms with Crippen molar-refractivity contribution in [3.05, 3.63) is 28.2 Å². The Morgan fingerprint density at radius 2 is 2.00 bits per heavy atom. The molecule has 1 aromatic carbocycles. The summed E-state index contributed by atoms with van der Waals surface area (Å²) in [6.45, 7) is 0. The summed E-state index contributed by atoms with van der Waals surface area (Å²) in [6, 6.07) is 6.57. The van der Waals surface area contributed by atoms with E-state index in [1.54, 1.807) is 0 Å². The van der Waals surface area contributed by atoms with Crippen LogP contribution in [-0.2, 0) is 0 Å². The number of nitrogens with one attached hydrogen (secondary N) is 1. The van der Waals surface area contributed by atoms with Crippen molar-refractivity contribution in [1.82, 2.24) is 0 Å². The minimum Gasteiger partial charge on any atom is -0.384 e. The second-order valence-electron chi connectivity index (χ2n) is 4.95. The molecule has 1 aliphatic rings. The number of nitrogens with two attached hydrogens (primary N) is 1. The molecule has 2 rings (SSSR count). The van der Waals surface area contributed by atoms with Gasteiger partial charge in [-0.1, -0.05) is 25.3 Å². The lowest BCUT2D eigenvalue weighted by molar-refractivity contribution is 0.427. The molecular formula is C14H20BrN3. The summed E-state index contributed by atoms with van der Waals surface area (Å²) in [5.41, 5.74) is 7.58. The van der Waals surface area contributed by atoms with E-state index in [2.05, 4.69) is 33.9 Å². The Labute approximate surface area is 117 Å². The van der Waals surface area contributed by atoms with Crippen molar-refractivity contribution in [2.24, 2.45) is 5.73 Å². The molecule has 0 bridgehead atoms. The predicted molar refractivity (Wildman–Crippen MR) is 80.4 cm³/mol. The molecule has 0 atom stereocenters. The first-order chi connectivity index (χ1) is 8.61. The summed E-state index contributed by atoms with van der Waals surface area (Å²) in [5, 5.41) is 7.75. The molecule has 0 amide bonds. The minimum atomic E-state index is 0.125. The van der Waals surface area contributed by atoms with Crippen molar-refractivity contribution < 1.29 is 0 Å². The number of amidine groups is 1. The van der Waals surface area contributed by atoms with Gasteiger partial charge in [-0.15, -0.1) is 0 Å². The van der Waals surface area contributed by atoms with Gasteiger partial charge in [-0.25, -0.2) is 0 Å². The Hall–Kier alpha value is -1.03. The van der Waals surface area contributed by atoms with E-state index in [1.807, 2.05) is 12.1 Å². The van der Waals surface area contributed by atoms with E-state index in [9.17, 15) is 0 Å². The van der Waals surface area contributed by atoms with E-state index in [0.717, 1.165) is 15.7 Å². The average Bonchev–Trinajstić information content (AvgIpc) is 2.38. The summed E-state index contributed by atoms with van der Waals surface area (Å²) in [6.07, 6.45) is 6.43. The summed E-state index contributed by atoms with van der Waals surface area (Å²) in [5.74, 6) is 0.125. The maximum absolute atomic E-state index is 7.75. The zero-order valence-corrected chi connectivity index (χ0v) is 12.3. The summed E-state index contributed by atoms with van der Waals surface area (Å²) in [4.78, 5) is 2.29. The highest BCUT2D eigenvalue weighted by molar-refractivity contribution is 9.10. The molecule has 0 spiro atoms. The fourth-order valence-electron chi connectivity index (χ4n) is 2.74. The van der Waals surface area contributed by atoms with Crippen LogP contribution in [0.4, 0.5) is 5.69 Å². The van der Waals surface area contributed by atoms with Gasteiger partial charge in [0, 0.05) is 23.2 Å². The quantitative estimate of drug-likeness (QED) is 0.663. The highest BCUT2D eigenvalue weighted by Gasteiger charge is 2.21. The van der Waals surface area contributed by atoms with Crippen LogP contribution in [0.5, 0.6) is 0 Å². The standard InChI is InChI=1S/C14H20BrN3/c1-18(10-6-3-2-4-7-10)12-9-5-8-11(15)13(12)14(16)17/h5,8-10H,2-4,6-7H2,1H3,(H3,16,17). The topological polar surface area (TPSA) is 53.1 Å². The van der Waals surface area contributed by atoms with Crippen molar-refractivity contribution in [2.75, 3.05) is 11.9 Å². The molecule has 0 heterocycles. The van der Waals surface area contributed by atoms with Gasteiger partial charge in [0.05, 0.1) is 5.56 Å². The molecule has 3 nitrogen and oxygen atoms in total. The summed E-state index contributed by atoms with van der Waals surface area (Å²) in [7, 11) is 2.12. The molecule has 0 aromatic heterocycles. The van der Waals surface area contributed by atoms with Crippen LogP contribution in [0.15, 0.2) is 22.7 Å². The van der Waals surface area contributed by atoms with Gasteiger partial charge < -0.3 is 10.6 Å². The highest BCUT2D eigenvalue weighted by atomic mass is 79.9. The molecule has 0 unspecified atom stereocenters. The molecule has 4 heteroatoms. The SMILES string of the molecule is CN(c1cccc(Br)c1C(=N)N)C1CCCCC1. The third kappa shape index (κ3) is 2.69. The number of hydrogen-bond donors (Lipinski definition) is 2.